The molecule has 0 aliphatic carbocycles. The van der Waals surface area contributed by atoms with E-state index in [2.05, 4.69) is 0 Å². The van der Waals surface area contributed by atoms with Crippen LogP contribution < -0.4 is 4.74 Å². The minimum absolute atomic E-state index is 0.0866. The Hall–Kier alpha value is -1.87. The molecule has 1 aliphatic rings. The Kier molecular flexibility index (Phi) is 3.68. The van der Waals surface area contributed by atoms with Crippen molar-refractivity contribution in [3.8, 4) is 5.75 Å². The summed E-state index contributed by atoms with van der Waals surface area (Å²) in [5.41, 5.74) is 2.70. The Bertz CT molecular complexity index is 725. The van der Waals surface area contributed by atoms with Crippen molar-refractivity contribution in [2.24, 2.45) is 0 Å². The van der Waals surface area contributed by atoms with Crippen molar-refractivity contribution in [1.29, 1.82) is 0 Å². The van der Waals surface area contributed by atoms with Gasteiger partial charge in [-0.2, -0.15) is 0 Å². The lowest BCUT2D eigenvalue weighted by atomic mass is 9.98. The summed E-state index contributed by atoms with van der Waals surface area (Å²) in [7, 11) is 0. The van der Waals surface area contributed by atoms with Gasteiger partial charge < -0.3 is 4.74 Å². The minimum Gasteiger partial charge on any atom is -0.493 e. The van der Waals surface area contributed by atoms with Crippen LogP contribution in [0.2, 0.25) is 5.02 Å². The van der Waals surface area contributed by atoms with Gasteiger partial charge >= 0.3 is 0 Å². The molecular weight excluding hydrogens is 291 g/mol. The topological polar surface area (TPSA) is 26.3 Å². The van der Waals surface area contributed by atoms with Crippen molar-refractivity contribution in [3.05, 3.63) is 63.4 Å². The second-order valence-corrected chi connectivity index (χ2v) is 5.67. The maximum Gasteiger partial charge on any atom is 0.170 e. The van der Waals surface area contributed by atoms with Gasteiger partial charge in [0.2, 0.25) is 0 Å². The summed E-state index contributed by atoms with van der Waals surface area (Å²) in [4.78, 5) is 12.4. The van der Waals surface area contributed by atoms with Gasteiger partial charge in [0, 0.05) is 23.4 Å². The molecule has 0 radical (unpaired) electrons. The number of aryl methyl sites for hydroxylation is 1. The quantitative estimate of drug-likeness (QED) is 0.796. The maximum absolute atomic E-state index is 13.8. The van der Waals surface area contributed by atoms with E-state index in [4.69, 9.17) is 16.3 Å². The average molecular weight is 305 g/mol. The average Bonchev–Trinajstić information content (AvgIpc) is 2.89. The molecule has 2 aromatic carbocycles. The van der Waals surface area contributed by atoms with Gasteiger partial charge in [0.25, 0.3) is 0 Å². The zero-order valence-electron chi connectivity index (χ0n) is 11.6. The Morgan fingerprint density at radius 2 is 2.14 bits per heavy atom. The molecule has 2 aromatic rings. The van der Waals surface area contributed by atoms with E-state index in [1.54, 1.807) is 18.2 Å². The molecule has 0 saturated carbocycles. The predicted molar refractivity (Wildman–Crippen MR) is 79.8 cm³/mol. The van der Waals surface area contributed by atoms with Crippen LogP contribution in [0.25, 0.3) is 0 Å². The number of ketones is 1. The molecule has 4 heteroatoms. The lowest BCUT2D eigenvalue weighted by molar-refractivity contribution is 0.0988. The lowest BCUT2D eigenvalue weighted by Gasteiger charge is -2.09. The molecule has 0 bridgehead atoms. The summed E-state index contributed by atoms with van der Waals surface area (Å²) in [5, 5.41) is 0.576. The van der Waals surface area contributed by atoms with Crippen LogP contribution in [0.15, 0.2) is 30.3 Å². The third kappa shape index (κ3) is 2.79. The number of ether oxygens (including phenoxy) is 1. The van der Waals surface area contributed by atoms with E-state index in [0.29, 0.717) is 11.6 Å². The largest absolute Gasteiger partial charge is 0.493 e. The predicted octanol–water partition coefficient (Wildman–Crippen LogP) is 4.15. The molecule has 21 heavy (non-hydrogen) atoms. The van der Waals surface area contributed by atoms with Crippen molar-refractivity contribution >= 4 is 17.4 Å². The van der Waals surface area contributed by atoms with Crippen molar-refractivity contribution in [1.82, 2.24) is 0 Å². The standard InChI is InChI=1S/C17H14ClFO2/c1-10-2-3-15(19)14(6-10)16(20)9-12-8-13(18)7-11-4-5-21-17(11)12/h2-3,6-8H,4-5,9H2,1H3. The van der Waals surface area contributed by atoms with Crippen LogP contribution in [0, 0.1) is 12.7 Å². The molecule has 0 N–H and O–H groups in total. The molecule has 0 fully saturated rings. The van der Waals surface area contributed by atoms with E-state index < -0.39 is 5.82 Å². The third-order valence-corrected chi connectivity index (χ3v) is 3.82. The minimum atomic E-state index is -0.495. The first-order chi connectivity index (χ1) is 10.0. The van der Waals surface area contributed by atoms with E-state index in [0.717, 1.165) is 28.9 Å². The first-order valence-corrected chi connectivity index (χ1v) is 7.16. The molecule has 0 unspecified atom stereocenters. The van der Waals surface area contributed by atoms with Crippen LogP contribution in [-0.2, 0) is 12.8 Å². The molecule has 0 spiro atoms. The summed E-state index contributed by atoms with van der Waals surface area (Å²) in [6, 6.07) is 8.11. The molecule has 1 aliphatic heterocycles. The van der Waals surface area contributed by atoms with Crippen LogP contribution in [0.1, 0.15) is 27.0 Å². The van der Waals surface area contributed by atoms with Gasteiger partial charge in [-0.3, -0.25) is 4.79 Å². The van der Waals surface area contributed by atoms with Crippen LogP contribution in [0.5, 0.6) is 5.75 Å². The third-order valence-electron chi connectivity index (χ3n) is 3.60. The van der Waals surface area contributed by atoms with Crippen molar-refractivity contribution in [2.45, 2.75) is 19.8 Å². The van der Waals surface area contributed by atoms with Crippen LogP contribution >= 0.6 is 11.6 Å². The van der Waals surface area contributed by atoms with Gasteiger partial charge in [-0.1, -0.05) is 23.2 Å². The first kappa shape index (κ1) is 14.1. The molecular formula is C17H14ClFO2. The normalized spacial score (nSPS) is 12.9. The molecule has 2 nitrogen and oxygen atoms in total. The fourth-order valence-corrected chi connectivity index (χ4v) is 2.86. The summed E-state index contributed by atoms with van der Waals surface area (Å²) in [6.45, 7) is 2.42. The summed E-state index contributed by atoms with van der Waals surface area (Å²) in [6.07, 6.45) is 0.874. The van der Waals surface area contributed by atoms with Crippen molar-refractivity contribution < 1.29 is 13.9 Å². The number of fused-ring (bicyclic) bond motifs is 1. The molecule has 0 amide bonds. The van der Waals surface area contributed by atoms with E-state index in [1.165, 1.54) is 6.07 Å². The smallest absolute Gasteiger partial charge is 0.170 e. The van der Waals surface area contributed by atoms with Gasteiger partial charge in [-0.25, -0.2) is 4.39 Å². The monoisotopic (exact) mass is 304 g/mol. The van der Waals surface area contributed by atoms with Crippen molar-refractivity contribution in [3.63, 3.8) is 0 Å². The number of hydrogen-bond acceptors (Lipinski definition) is 2. The van der Waals surface area contributed by atoms with E-state index in [-0.39, 0.29) is 17.8 Å². The van der Waals surface area contributed by atoms with Crippen LogP contribution in [0.3, 0.4) is 0 Å². The molecule has 3 rings (SSSR count). The van der Waals surface area contributed by atoms with Gasteiger partial charge in [-0.05, 0) is 36.8 Å². The van der Waals surface area contributed by atoms with Crippen LogP contribution in [-0.4, -0.2) is 12.4 Å². The maximum atomic E-state index is 13.8. The Labute approximate surface area is 127 Å². The number of hydrogen-bond donors (Lipinski definition) is 0. The SMILES string of the molecule is Cc1ccc(F)c(C(=O)Cc2cc(Cl)cc3c2OCC3)c1. The number of rotatable bonds is 3. The zero-order chi connectivity index (χ0) is 15.0. The summed E-state index contributed by atoms with van der Waals surface area (Å²) < 4.78 is 19.4. The molecule has 108 valence electrons. The second-order valence-electron chi connectivity index (χ2n) is 5.23. The molecule has 0 aromatic heterocycles. The molecule has 1 heterocycles. The Morgan fingerprint density at radius 3 is 2.95 bits per heavy atom. The number of benzene rings is 2. The van der Waals surface area contributed by atoms with E-state index in [9.17, 15) is 9.18 Å². The highest BCUT2D eigenvalue weighted by molar-refractivity contribution is 6.30. The Balaban J connectivity index is 1.94. The van der Waals surface area contributed by atoms with E-state index in [1.807, 2.05) is 13.0 Å². The number of carbonyl (C=O) groups excluding carboxylic acids is 1. The van der Waals surface area contributed by atoms with Gasteiger partial charge in [0.1, 0.15) is 11.6 Å². The van der Waals surface area contributed by atoms with Gasteiger partial charge in [0.05, 0.1) is 12.2 Å². The van der Waals surface area contributed by atoms with E-state index >= 15 is 0 Å². The van der Waals surface area contributed by atoms with Crippen molar-refractivity contribution in [2.75, 3.05) is 6.61 Å². The number of halogens is 2. The van der Waals surface area contributed by atoms with Crippen LogP contribution in [0.4, 0.5) is 4.39 Å². The van der Waals surface area contributed by atoms with Gasteiger partial charge in [-0.15, -0.1) is 0 Å². The number of carbonyl (C=O) groups is 1. The highest BCUT2D eigenvalue weighted by atomic mass is 35.5. The second kappa shape index (κ2) is 5.49. The summed E-state index contributed by atoms with van der Waals surface area (Å²) in [5.74, 6) is -0.0397. The fourth-order valence-electron chi connectivity index (χ4n) is 2.60. The highest BCUT2D eigenvalue weighted by Crippen LogP contribution is 2.33. The zero-order valence-corrected chi connectivity index (χ0v) is 12.3. The van der Waals surface area contributed by atoms with Gasteiger partial charge in [0.15, 0.2) is 5.78 Å². The molecule has 0 saturated heterocycles. The first-order valence-electron chi connectivity index (χ1n) is 6.78. The molecule has 0 atom stereocenters. The highest BCUT2D eigenvalue weighted by Gasteiger charge is 2.21. The Morgan fingerprint density at radius 1 is 1.33 bits per heavy atom. The number of Topliss-reactive ketones (excluding diaryl/α,β-unsaturated/α-hetero) is 1. The summed E-state index contributed by atoms with van der Waals surface area (Å²) >= 11 is 6.07. The lowest BCUT2D eigenvalue weighted by Crippen LogP contribution is -2.07. The fraction of sp³-hybridized carbons (Fsp3) is 0.235.